The fraction of sp³-hybridized carbons (Fsp3) is 0.500. The van der Waals surface area contributed by atoms with Gasteiger partial charge in [-0.25, -0.2) is 4.79 Å². The summed E-state index contributed by atoms with van der Waals surface area (Å²) < 4.78 is 6.61. The van der Waals surface area contributed by atoms with Gasteiger partial charge in [0.1, 0.15) is 0 Å². The Bertz CT molecular complexity index is 655. The number of aliphatic hydroxyl groups excluding tert-OH is 1. The third-order valence-corrected chi connectivity index (χ3v) is 3.84. The van der Waals surface area contributed by atoms with Gasteiger partial charge < -0.3 is 14.8 Å². The van der Waals surface area contributed by atoms with E-state index in [4.69, 9.17) is 4.42 Å². The van der Waals surface area contributed by atoms with Crippen molar-refractivity contribution in [2.24, 2.45) is 7.05 Å². The second kappa shape index (κ2) is 5.40. The van der Waals surface area contributed by atoms with Gasteiger partial charge in [0.25, 0.3) is 0 Å². The molecule has 2 N–H and O–H groups in total. The van der Waals surface area contributed by atoms with Crippen molar-refractivity contribution in [1.29, 1.82) is 0 Å². The summed E-state index contributed by atoms with van der Waals surface area (Å²) in [6, 6.07) is 5.42. The Morgan fingerprint density at radius 1 is 1.40 bits per heavy atom. The van der Waals surface area contributed by atoms with Crippen LogP contribution in [0.1, 0.15) is 11.7 Å². The van der Waals surface area contributed by atoms with Gasteiger partial charge in [-0.15, -0.1) is 0 Å². The number of aromatic nitrogens is 1. The van der Waals surface area contributed by atoms with Crippen molar-refractivity contribution in [2.75, 3.05) is 32.7 Å². The molecule has 1 atom stereocenters. The molecule has 0 amide bonds. The van der Waals surface area contributed by atoms with E-state index in [9.17, 15) is 9.90 Å². The van der Waals surface area contributed by atoms with Crippen LogP contribution in [0.4, 0.5) is 0 Å². The van der Waals surface area contributed by atoms with Crippen LogP contribution in [0.3, 0.4) is 0 Å². The zero-order valence-electron chi connectivity index (χ0n) is 11.5. The number of hydrogen-bond donors (Lipinski definition) is 2. The topological polar surface area (TPSA) is 70.6 Å². The zero-order valence-corrected chi connectivity index (χ0v) is 11.5. The third-order valence-electron chi connectivity index (χ3n) is 3.84. The van der Waals surface area contributed by atoms with E-state index in [0.717, 1.165) is 37.3 Å². The molecule has 6 heteroatoms. The number of aliphatic hydroxyl groups is 1. The van der Waals surface area contributed by atoms with Gasteiger partial charge in [0, 0.05) is 39.8 Å². The predicted octanol–water partition coefficient (Wildman–Crippen LogP) is 0.0701. The molecular weight excluding hydrogens is 258 g/mol. The summed E-state index contributed by atoms with van der Waals surface area (Å²) in [5, 5.41) is 13.6. The SMILES string of the molecule is Cn1c(=O)oc2cc(C(O)CN3CCNCC3)ccc21. The van der Waals surface area contributed by atoms with Crippen molar-refractivity contribution in [1.82, 2.24) is 14.8 Å². The molecule has 1 saturated heterocycles. The van der Waals surface area contributed by atoms with Gasteiger partial charge in [0.15, 0.2) is 5.58 Å². The number of benzene rings is 1. The molecule has 6 nitrogen and oxygen atoms in total. The maximum Gasteiger partial charge on any atom is 0.419 e. The molecule has 20 heavy (non-hydrogen) atoms. The Balaban J connectivity index is 1.80. The number of piperazine rings is 1. The molecule has 0 spiro atoms. The molecule has 1 fully saturated rings. The van der Waals surface area contributed by atoms with Crippen LogP contribution >= 0.6 is 0 Å². The van der Waals surface area contributed by atoms with E-state index in [1.54, 1.807) is 13.1 Å². The molecule has 1 aliphatic rings. The maximum atomic E-state index is 11.5. The Morgan fingerprint density at radius 2 is 2.15 bits per heavy atom. The monoisotopic (exact) mass is 277 g/mol. The Hall–Kier alpha value is -1.63. The van der Waals surface area contributed by atoms with E-state index in [1.807, 2.05) is 12.1 Å². The van der Waals surface area contributed by atoms with Gasteiger partial charge in [-0.1, -0.05) is 6.07 Å². The van der Waals surface area contributed by atoms with E-state index < -0.39 is 6.10 Å². The first kappa shape index (κ1) is 13.4. The van der Waals surface area contributed by atoms with Crippen LogP contribution < -0.4 is 11.1 Å². The highest BCUT2D eigenvalue weighted by Crippen LogP contribution is 2.20. The highest BCUT2D eigenvalue weighted by molar-refractivity contribution is 5.73. The van der Waals surface area contributed by atoms with Gasteiger partial charge >= 0.3 is 5.76 Å². The molecular formula is C14H19N3O3. The number of fused-ring (bicyclic) bond motifs is 1. The molecule has 0 aliphatic carbocycles. The van der Waals surface area contributed by atoms with E-state index in [1.165, 1.54) is 4.57 Å². The number of aryl methyl sites for hydroxylation is 1. The minimum Gasteiger partial charge on any atom is -0.408 e. The van der Waals surface area contributed by atoms with Crippen molar-refractivity contribution in [3.63, 3.8) is 0 Å². The molecule has 3 rings (SSSR count). The van der Waals surface area contributed by atoms with Crippen molar-refractivity contribution in [2.45, 2.75) is 6.10 Å². The quantitative estimate of drug-likeness (QED) is 0.831. The molecule has 0 radical (unpaired) electrons. The van der Waals surface area contributed by atoms with Crippen LogP contribution in [0.15, 0.2) is 27.4 Å². The minimum atomic E-state index is -0.567. The first-order valence-electron chi connectivity index (χ1n) is 6.86. The zero-order chi connectivity index (χ0) is 14.1. The van der Waals surface area contributed by atoms with E-state index in [0.29, 0.717) is 12.1 Å². The van der Waals surface area contributed by atoms with Crippen molar-refractivity contribution in [3.05, 3.63) is 34.3 Å². The summed E-state index contributed by atoms with van der Waals surface area (Å²) in [4.78, 5) is 13.7. The van der Waals surface area contributed by atoms with E-state index >= 15 is 0 Å². The van der Waals surface area contributed by atoms with Crippen LogP contribution in [-0.2, 0) is 7.05 Å². The van der Waals surface area contributed by atoms with Crippen molar-refractivity contribution in [3.8, 4) is 0 Å². The lowest BCUT2D eigenvalue weighted by Gasteiger charge is -2.29. The molecule has 1 unspecified atom stereocenters. The van der Waals surface area contributed by atoms with Crippen LogP contribution in [0, 0.1) is 0 Å². The summed E-state index contributed by atoms with van der Waals surface area (Å²) in [5.41, 5.74) is 2.05. The Kier molecular flexibility index (Phi) is 3.60. The van der Waals surface area contributed by atoms with Gasteiger partial charge in [0.2, 0.25) is 0 Å². The van der Waals surface area contributed by atoms with Crippen LogP contribution in [-0.4, -0.2) is 47.3 Å². The van der Waals surface area contributed by atoms with Crippen LogP contribution in [0.2, 0.25) is 0 Å². The number of rotatable bonds is 3. The molecule has 1 aromatic carbocycles. The first-order chi connectivity index (χ1) is 9.65. The Morgan fingerprint density at radius 3 is 2.90 bits per heavy atom. The molecule has 0 saturated carbocycles. The van der Waals surface area contributed by atoms with Crippen LogP contribution in [0.5, 0.6) is 0 Å². The summed E-state index contributed by atoms with van der Waals surface area (Å²) >= 11 is 0. The van der Waals surface area contributed by atoms with Gasteiger partial charge in [-0.2, -0.15) is 0 Å². The summed E-state index contributed by atoms with van der Waals surface area (Å²) in [6.45, 7) is 4.41. The van der Waals surface area contributed by atoms with E-state index in [-0.39, 0.29) is 5.76 Å². The maximum absolute atomic E-state index is 11.5. The van der Waals surface area contributed by atoms with Gasteiger partial charge in [0.05, 0.1) is 11.6 Å². The normalized spacial score (nSPS) is 18.5. The number of nitrogens with one attached hydrogen (secondary N) is 1. The Labute approximate surface area is 116 Å². The highest BCUT2D eigenvalue weighted by atomic mass is 16.4. The summed E-state index contributed by atoms with van der Waals surface area (Å²) in [7, 11) is 1.67. The fourth-order valence-electron chi connectivity index (χ4n) is 2.60. The molecule has 0 bridgehead atoms. The van der Waals surface area contributed by atoms with Crippen molar-refractivity contribution >= 4 is 11.1 Å². The number of nitrogens with zero attached hydrogens (tertiary/aromatic N) is 2. The second-order valence-electron chi connectivity index (χ2n) is 5.22. The van der Waals surface area contributed by atoms with Gasteiger partial charge in [-0.3, -0.25) is 9.47 Å². The summed E-state index contributed by atoms with van der Waals surface area (Å²) in [6.07, 6.45) is -0.567. The standard InChI is InChI=1S/C14H19N3O3/c1-16-11-3-2-10(8-13(11)20-14(16)19)12(18)9-17-6-4-15-5-7-17/h2-3,8,12,15,18H,4-7,9H2,1H3. The fourth-order valence-corrected chi connectivity index (χ4v) is 2.60. The smallest absolute Gasteiger partial charge is 0.408 e. The average molecular weight is 277 g/mol. The number of β-amino-alcohol motifs (C(OH)–C–C–N with tert-alkyl or cyclic N) is 1. The predicted molar refractivity (Wildman–Crippen MR) is 75.7 cm³/mol. The first-order valence-corrected chi connectivity index (χ1v) is 6.86. The lowest BCUT2D eigenvalue weighted by molar-refractivity contribution is 0.105. The second-order valence-corrected chi connectivity index (χ2v) is 5.22. The number of hydrogen-bond acceptors (Lipinski definition) is 5. The van der Waals surface area contributed by atoms with Crippen molar-refractivity contribution < 1.29 is 9.52 Å². The molecule has 1 aliphatic heterocycles. The molecule has 2 aromatic rings. The average Bonchev–Trinajstić information content (AvgIpc) is 2.74. The summed E-state index contributed by atoms with van der Waals surface area (Å²) in [5.74, 6) is -0.381. The third kappa shape index (κ3) is 2.49. The van der Waals surface area contributed by atoms with E-state index in [2.05, 4.69) is 10.2 Å². The number of oxazole rings is 1. The largest absolute Gasteiger partial charge is 0.419 e. The lowest BCUT2D eigenvalue weighted by Crippen LogP contribution is -2.44. The lowest BCUT2D eigenvalue weighted by atomic mass is 10.1. The highest BCUT2D eigenvalue weighted by Gasteiger charge is 2.17. The van der Waals surface area contributed by atoms with Gasteiger partial charge in [-0.05, 0) is 17.7 Å². The molecule has 2 heterocycles. The molecule has 108 valence electrons. The van der Waals surface area contributed by atoms with Crippen LogP contribution in [0.25, 0.3) is 11.1 Å². The molecule has 1 aromatic heterocycles. The minimum absolute atomic E-state index is 0.381.